The molecule has 0 radical (unpaired) electrons. The Morgan fingerprint density at radius 2 is 1.72 bits per heavy atom. The van der Waals surface area contributed by atoms with Crippen LogP contribution < -0.4 is 10.2 Å². The Bertz CT molecular complexity index is 1510. The van der Waals surface area contributed by atoms with Gasteiger partial charge in [0.25, 0.3) is 5.91 Å². The number of anilines is 2. The molecule has 0 bridgehead atoms. The van der Waals surface area contributed by atoms with Crippen molar-refractivity contribution in [2.75, 3.05) is 10.2 Å². The number of benzene rings is 3. The average Bonchev–Trinajstić information content (AvgIpc) is 3.07. The van der Waals surface area contributed by atoms with Crippen LogP contribution in [-0.2, 0) is 31.2 Å². The molecule has 7 nitrogen and oxygen atoms in total. The van der Waals surface area contributed by atoms with Crippen LogP contribution in [0.1, 0.15) is 50.8 Å². The SMILES string of the molecule is CC1=C(c2ccccc2NC(=O)OC(C)(C)C)C(=O)O[C@]2(C1)C(=O)N(Cc1ccccc1)c1c(F)cccc12. The first kappa shape index (κ1) is 26.2. The molecule has 5 rings (SSSR count). The fourth-order valence-corrected chi connectivity index (χ4v) is 5.18. The Morgan fingerprint density at radius 3 is 2.41 bits per heavy atom. The Kier molecular flexibility index (Phi) is 6.50. The smallest absolute Gasteiger partial charge is 0.412 e. The molecule has 200 valence electrons. The second-order valence-corrected chi connectivity index (χ2v) is 10.7. The number of fused-ring (bicyclic) bond motifs is 2. The molecule has 39 heavy (non-hydrogen) atoms. The van der Waals surface area contributed by atoms with E-state index >= 15 is 4.39 Å². The molecule has 3 aromatic rings. The van der Waals surface area contributed by atoms with Gasteiger partial charge in [-0.15, -0.1) is 0 Å². The molecule has 0 saturated carbocycles. The van der Waals surface area contributed by atoms with Crippen molar-refractivity contribution in [2.45, 2.75) is 51.9 Å². The molecule has 8 heteroatoms. The first-order valence-electron chi connectivity index (χ1n) is 12.7. The summed E-state index contributed by atoms with van der Waals surface area (Å²) < 4.78 is 26.5. The normalized spacial score (nSPS) is 18.7. The van der Waals surface area contributed by atoms with Crippen LogP contribution in [0.5, 0.6) is 0 Å². The number of para-hydroxylation sites is 2. The molecule has 2 aliphatic rings. The third kappa shape index (κ3) is 4.78. The number of rotatable bonds is 4. The fraction of sp³-hybridized carbons (Fsp3) is 0.258. The number of amides is 2. The van der Waals surface area contributed by atoms with Crippen molar-refractivity contribution in [1.29, 1.82) is 0 Å². The monoisotopic (exact) mass is 528 g/mol. The highest BCUT2D eigenvalue weighted by Gasteiger charge is 2.57. The summed E-state index contributed by atoms with van der Waals surface area (Å²) in [7, 11) is 0. The van der Waals surface area contributed by atoms with E-state index in [2.05, 4.69) is 5.32 Å². The average molecular weight is 529 g/mol. The van der Waals surface area contributed by atoms with Crippen molar-refractivity contribution in [3.05, 3.63) is 101 Å². The van der Waals surface area contributed by atoms with E-state index in [1.54, 1.807) is 58.0 Å². The van der Waals surface area contributed by atoms with Crippen molar-refractivity contribution in [3.63, 3.8) is 0 Å². The number of hydrogen-bond donors (Lipinski definition) is 1. The van der Waals surface area contributed by atoms with Crippen LogP contribution in [0.4, 0.5) is 20.6 Å². The predicted octanol–water partition coefficient (Wildman–Crippen LogP) is 6.34. The first-order valence-corrected chi connectivity index (χ1v) is 12.7. The molecule has 0 saturated heterocycles. The van der Waals surface area contributed by atoms with Crippen LogP contribution in [-0.4, -0.2) is 23.6 Å². The predicted molar refractivity (Wildman–Crippen MR) is 145 cm³/mol. The highest BCUT2D eigenvalue weighted by Crippen LogP contribution is 2.51. The van der Waals surface area contributed by atoms with Crippen LogP contribution in [0.2, 0.25) is 0 Å². The van der Waals surface area contributed by atoms with Gasteiger partial charge in [0.15, 0.2) is 0 Å². The lowest BCUT2D eigenvalue weighted by molar-refractivity contribution is -0.163. The number of carbonyl (C=O) groups excluding carboxylic acids is 3. The summed E-state index contributed by atoms with van der Waals surface area (Å²) in [6.07, 6.45) is -0.629. The number of esters is 1. The lowest BCUT2D eigenvalue weighted by Gasteiger charge is -2.34. The standard InChI is InChI=1S/C31H29FN2O5/c1-19-17-31(22-14-10-15-23(32)26(22)34(28(31)36)18-20-11-6-5-7-12-20)38-27(35)25(19)21-13-8-9-16-24(21)33-29(37)39-30(2,3)4/h5-16H,17-18H2,1-4H3,(H,33,37)/t31-/m0/s1. The van der Waals surface area contributed by atoms with E-state index in [9.17, 15) is 14.4 Å². The van der Waals surface area contributed by atoms with E-state index in [-0.39, 0.29) is 24.2 Å². The van der Waals surface area contributed by atoms with Gasteiger partial charge in [-0.3, -0.25) is 10.1 Å². The van der Waals surface area contributed by atoms with Crippen LogP contribution in [0.15, 0.2) is 78.4 Å². The van der Waals surface area contributed by atoms with E-state index < -0.39 is 35.0 Å². The lowest BCUT2D eigenvalue weighted by atomic mass is 9.82. The van der Waals surface area contributed by atoms with Gasteiger partial charge in [-0.05, 0) is 45.4 Å². The van der Waals surface area contributed by atoms with E-state index in [0.29, 0.717) is 22.4 Å². The molecule has 0 unspecified atom stereocenters. The van der Waals surface area contributed by atoms with Crippen molar-refractivity contribution >= 4 is 34.9 Å². The summed E-state index contributed by atoms with van der Waals surface area (Å²) >= 11 is 0. The van der Waals surface area contributed by atoms with Crippen LogP contribution in [0.3, 0.4) is 0 Å². The van der Waals surface area contributed by atoms with Crippen molar-refractivity contribution in [3.8, 4) is 0 Å². The van der Waals surface area contributed by atoms with Crippen LogP contribution in [0.25, 0.3) is 5.57 Å². The number of ether oxygens (including phenoxy) is 2. The highest BCUT2D eigenvalue weighted by atomic mass is 19.1. The van der Waals surface area contributed by atoms with Crippen molar-refractivity contribution in [1.82, 2.24) is 0 Å². The molecule has 1 N–H and O–H groups in total. The summed E-state index contributed by atoms with van der Waals surface area (Å²) in [6, 6.07) is 20.5. The molecular weight excluding hydrogens is 499 g/mol. The molecule has 2 aliphatic heterocycles. The number of nitrogens with one attached hydrogen (secondary N) is 1. The van der Waals surface area contributed by atoms with Gasteiger partial charge in [-0.2, -0.15) is 0 Å². The lowest BCUT2D eigenvalue weighted by Crippen LogP contribution is -2.46. The maximum atomic E-state index is 15.2. The number of hydrogen-bond acceptors (Lipinski definition) is 5. The zero-order valence-electron chi connectivity index (χ0n) is 22.2. The topological polar surface area (TPSA) is 84.9 Å². The zero-order valence-corrected chi connectivity index (χ0v) is 22.2. The molecule has 2 amide bonds. The van der Waals surface area contributed by atoms with Gasteiger partial charge in [0.05, 0.1) is 23.5 Å². The zero-order chi connectivity index (χ0) is 27.9. The quantitative estimate of drug-likeness (QED) is 0.400. The van der Waals surface area contributed by atoms with E-state index in [1.807, 2.05) is 30.3 Å². The molecular formula is C31H29FN2O5. The van der Waals surface area contributed by atoms with E-state index in [0.717, 1.165) is 5.56 Å². The second kappa shape index (κ2) is 9.69. The second-order valence-electron chi connectivity index (χ2n) is 10.7. The Labute approximate surface area is 226 Å². The first-order chi connectivity index (χ1) is 18.5. The summed E-state index contributed by atoms with van der Waals surface area (Å²) in [6.45, 7) is 7.13. The summed E-state index contributed by atoms with van der Waals surface area (Å²) in [5.41, 5.74) is 0.462. The fourth-order valence-electron chi connectivity index (χ4n) is 5.18. The highest BCUT2D eigenvalue weighted by molar-refractivity contribution is 6.22. The minimum Gasteiger partial charge on any atom is -0.444 e. The van der Waals surface area contributed by atoms with Gasteiger partial charge in [0, 0.05) is 17.5 Å². The third-order valence-corrected chi connectivity index (χ3v) is 6.71. The van der Waals surface area contributed by atoms with Crippen molar-refractivity contribution < 1.29 is 28.2 Å². The Balaban J connectivity index is 1.54. The van der Waals surface area contributed by atoms with Gasteiger partial charge in [-0.25, -0.2) is 14.0 Å². The van der Waals surface area contributed by atoms with E-state index in [4.69, 9.17) is 9.47 Å². The van der Waals surface area contributed by atoms with Gasteiger partial charge in [-0.1, -0.05) is 66.2 Å². The van der Waals surface area contributed by atoms with Crippen LogP contribution >= 0.6 is 0 Å². The van der Waals surface area contributed by atoms with Crippen molar-refractivity contribution in [2.24, 2.45) is 0 Å². The molecule has 2 heterocycles. The Hall–Kier alpha value is -4.46. The van der Waals surface area contributed by atoms with E-state index in [1.165, 1.54) is 17.0 Å². The maximum absolute atomic E-state index is 15.2. The number of halogens is 1. The largest absolute Gasteiger partial charge is 0.444 e. The van der Waals surface area contributed by atoms with Gasteiger partial charge in [0.1, 0.15) is 11.4 Å². The molecule has 0 fully saturated rings. The molecule has 0 aromatic heterocycles. The maximum Gasteiger partial charge on any atom is 0.412 e. The molecule has 1 atom stereocenters. The molecule has 0 aliphatic carbocycles. The van der Waals surface area contributed by atoms with Gasteiger partial charge < -0.3 is 14.4 Å². The molecule has 1 spiro atoms. The van der Waals surface area contributed by atoms with Gasteiger partial charge >= 0.3 is 12.1 Å². The summed E-state index contributed by atoms with van der Waals surface area (Å²) in [5, 5.41) is 2.70. The summed E-state index contributed by atoms with van der Waals surface area (Å²) in [4.78, 5) is 41.4. The Morgan fingerprint density at radius 1 is 1.03 bits per heavy atom. The number of carbonyl (C=O) groups is 3. The van der Waals surface area contributed by atoms with Gasteiger partial charge in [0.2, 0.25) is 5.60 Å². The summed E-state index contributed by atoms with van der Waals surface area (Å²) in [5.74, 6) is -1.80. The van der Waals surface area contributed by atoms with Crippen LogP contribution in [0, 0.1) is 5.82 Å². The third-order valence-electron chi connectivity index (χ3n) is 6.71. The number of nitrogens with zero attached hydrogens (tertiary/aromatic N) is 1. The molecule has 3 aromatic carbocycles. The minimum absolute atomic E-state index is 0.0371. The minimum atomic E-state index is -1.69.